The van der Waals surface area contributed by atoms with E-state index < -0.39 is 18.0 Å². The Hall–Kier alpha value is -1.11. The van der Waals surface area contributed by atoms with Crippen molar-refractivity contribution in [1.82, 2.24) is 5.32 Å². The SMILES string of the molecule is CCOC(CNCc1ccccc1C(F)(F)F)OCC. The topological polar surface area (TPSA) is 30.5 Å². The summed E-state index contributed by atoms with van der Waals surface area (Å²) in [5.74, 6) is 0. The summed E-state index contributed by atoms with van der Waals surface area (Å²) in [5, 5.41) is 2.93. The van der Waals surface area contributed by atoms with E-state index in [0.29, 0.717) is 19.8 Å². The van der Waals surface area contributed by atoms with E-state index in [0.717, 1.165) is 6.07 Å². The molecule has 0 amide bonds. The molecule has 0 fully saturated rings. The van der Waals surface area contributed by atoms with Gasteiger partial charge in [-0.2, -0.15) is 13.2 Å². The summed E-state index contributed by atoms with van der Waals surface area (Å²) >= 11 is 0. The molecule has 1 aromatic rings. The van der Waals surface area contributed by atoms with Crippen molar-refractivity contribution in [1.29, 1.82) is 0 Å². The maximum absolute atomic E-state index is 12.8. The number of nitrogens with one attached hydrogen (secondary N) is 1. The average Bonchev–Trinajstić information content (AvgIpc) is 2.38. The molecular formula is C14H20F3NO2. The van der Waals surface area contributed by atoms with E-state index in [1.54, 1.807) is 6.07 Å². The van der Waals surface area contributed by atoms with Gasteiger partial charge in [-0.15, -0.1) is 0 Å². The van der Waals surface area contributed by atoms with Crippen LogP contribution in [-0.4, -0.2) is 26.0 Å². The third kappa shape index (κ3) is 5.48. The molecule has 0 aliphatic carbocycles. The minimum Gasteiger partial charge on any atom is -0.352 e. The highest BCUT2D eigenvalue weighted by Gasteiger charge is 2.32. The van der Waals surface area contributed by atoms with E-state index in [2.05, 4.69) is 5.32 Å². The van der Waals surface area contributed by atoms with Crippen molar-refractivity contribution in [3.63, 3.8) is 0 Å². The van der Waals surface area contributed by atoms with Crippen molar-refractivity contribution >= 4 is 0 Å². The Kier molecular flexibility index (Phi) is 6.98. The van der Waals surface area contributed by atoms with E-state index >= 15 is 0 Å². The highest BCUT2D eigenvalue weighted by molar-refractivity contribution is 5.29. The van der Waals surface area contributed by atoms with Crippen LogP contribution < -0.4 is 5.32 Å². The van der Waals surface area contributed by atoms with E-state index in [1.165, 1.54) is 12.1 Å². The number of rotatable bonds is 8. The second kappa shape index (κ2) is 8.24. The molecule has 0 saturated carbocycles. The Labute approximate surface area is 117 Å². The number of halogens is 3. The van der Waals surface area contributed by atoms with Gasteiger partial charge in [0, 0.05) is 26.3 Å². The van der Waals surface area contributed by atoms with Gasteiger partial charge in [0.05, 0.1) is 5.56 Å². The van der Waals surface area contributed by atoms with Gasteiger partial charge in [-0.1, -0.05) is 18.2 Å². The highest BCUT2D eigenvalue weighted by atomic mass is 19.4. The van der Waals surface area contributed by atoms with Crippen LogP contribution >= 0.6 is 0 Å². The predicted octanol–water partition coefficient (Wildman–Crippen LogP) is 3.19. The first-order valence-electron chi connectivity index (χ1n) is 6.58. The normalized spacial score (nSPS) is 12.1. The van der Waals surface area contributed by atoms with Gasteiger partial charge in [0.2, 0.25) is 0 Å². The summed E-state index contributed by atoms with van der Waals surface area (Å²) in [6, 6.07) is 5.52. The molecule has 0 bridgehead atoms. The molecule has 0 radical (unpaired) electrons. The monoisotopic (exact) mass is 291 g/mol. The molecule has 1 N–H and O–H groups in total. The summed E-state index contributed by atoms with van der Waals surface area (Å²) in [6.45, 7) is 5.12. The standard InChI is InChI=1S/C14H20F3NO2/c1-3-19-13(20-4-2)10-18-9-11-7-5-6-8-12(11)14(15,16)17/h5-8,13,18H,3-4,9-10H2,1-2H3. The molecule has 0 saturated heterocycles. The van der Waals surface area contributed by atoms with Gasteiger partial charge in [0.15, 0.2) is 6.29 Å². The maximum Gasteiger partial charge on any atom is 0.416 e. The molecule has 114 valence electrons. The first-order valence-corrected chi connectivity index (χ1v) is 6.58. The minimum absolute atomic E-state index is 0.117. The van der Waals surface area contributed by atoms with Crippen LogP contribution in [0.2, 0.25) is 0 Å². The van der Waals surface area contributed by atoms with Crippen LogP contribution in [0, 0.1) is 0 Å². The number of benzene rings is 1. The molecule has 1 aromatic carbocycles. The van der Waals surface area contributed by atoms with Crippen molar-refractivity contribution in [2.45, 2.75) is 32.9 Å². The molecule has 0 heterocycles. The van der Waals surface area contributed by atoms with Gasteiger partial charge in [-0.05, 0) is 25.5 Å². The van der Waals surface area contributed by atoms with Gasteiger partial charge in [-0.3, -0.25) is 0 Å². The quantitative estimate of drug-likeness (QED) is 0.746. The first kappa shape index (κ1) is 16.9. The van der Waals surface area contributed by atoms with Crippen molar-refractivity contribution in [2.75, 3.05) is 19.8 Å². The Bertz CT molecular complexity index is 390. The van der Waals surface area contributed by atoms with E-state index in [9.17, 15) is 13.2 Å². The summed E-state index contributed by atoms with van der Waals surface area (Å²) < 4.78 is 49.0. The number of hydrogen-bond donors (Lipinski definition) is 1. The lowest BCUT2D eigenvalue weighted by molar-refractivity contribution is -0.138. The fraction of sp³-hybridized carbons (Fsp3) is 0.571. The van der Waals surface area contributed by atoms with E-state index in [4.69, 9.17) is 9.47 Å². The van der Waals surface area contributed by atoms with E-state index in [-0.39, 0.29) is 12.1 Å². The fourth-order valence-corrected chi connectivity index (χ4v) is 1.81. The third-order valence-electron chi connectivity index (χ3n) is 2.65. The zero-order chi connectivity index (χ0) is 15.0. The van der Waals surface area contributed by atoms with Crippen LogP contribution in [0.4, 0.5) is 13.2 Å². The van der Waals surface area contributed by atoms with Crippen LogP contribution in [0.15, 0.2) is 24.3 Å². The number of hydrogen-bond acceptors (Lipinski definition) is 3. The maximum atomic E-state index is 12.8. The summed E-state index contributed by atoms with van der Waals surface area (Å²) in [5.41, 5.74) is -0.399. The van der Waals surface area contributed by atoms with Crippen LogP contribution in [0.25, 0.3) is 0 Å². The molecule has 20 heavy (non-hydrogen) atoms. The molecule has 3 nitrogen and oxygen atoms in total. The lowest BCUT2D eigenvalue weighted by Crippen LogP contribution is -2.31. The molecule has 6 heteroatoms. The zero-order valence-electron chi connectivity index (χ0n) is 11.7. The average molecular weight is 291 g/mol. The lowest BCUT2D eigenvalue weighted by Gasteiger charge is -2.18. The van der Waals surface area contributed by atoms with Gasteiger partial charge < -0.3 is 14.8 Å². The number of ether oxygens (including phenoxy) is 2. The molecule has 0 unspecified atom stereocenters. The van der Waals surface area contributed by atoms with Gasteiger partial charge in [-0.25, -0.2) is 0 Å². The van der Waals surface area contributed by atoms with Crippen LogP contribution in [0.5, 0.6) is 0 Å². The molecule has 0 aromatic heterocycles. The van der Waals surface area contributed by atoms with Crippen LogP contribution in [-0.2, 0) is 22.2 Å². The molecule has 0 aliphatic rings. The minimum atomic E-state index is -4.34. The molecule has 0 aliphatic heterocycles. The third-order valence-corrected chi connectivity index (χ3v) is 2.65. The largest absolute Gasteiger partial charge is 0.416 e. The molecule has 0 spiro atoms. The highest BCUT2D eigenvalue weighted by Crippen LogP contribution is 2.31. The van der Waals surface area contributed by atoms with Gasteiger partial charge in [0.25, 0.3) is 0 Å². The second-order valence-electron chi connectivity index (χ2n) is 4.13. The molecule has 1 rings (SSSR count). The van der Waals surface area contributed by atoms with Crippen molar-refractivity contribution in [3.05, 3.63) is 35.4 Å². The van der Waals surface area contributed by atoms with Crippen molar-refractivity contribution < 1.29 is 22.6 Å². The summed E-state index contributed by atoms with van der Waals surface area (Å²) in [7, 11) is 0. The smallest absolute Gasteiger partial charge is 0.352 e. The first-order chi connectivity index (χ1) is 9.49. The van der Waals surface area contributed by atoms with E-state index in [1.807, 2.05) is 13.8 Å². The fourth-order valence-electron chi connectivity index (χ4n) is 1.81. The number of alkyl halides is 3. The summed E-state index contributed by atoms with van der Waals surface area (Å²) in [4.78, 5) is 0. The van der Waals surface area contributed by atoms with Gasteiger partial charge >= 0.3 is 6.18 Å². The van der Waals surface area contributed by atoms with Crippen LogP contribution in [0.3, 0.4) is 0 Å². The van der Waals surface area contributed by atoms with Crippen molar-refractivity contribution in [2.24, 2.45) is 0 Å². The second-order valence-corrected chi connectivity index (χ2v) is 4.13. The Morgan fingerprint density at radius 1 is 1.10 bits per heavy atom. The Balaban J connectivity index is 2.57. The van der Waals surface area contributed by atoms with Crippen LogP contribution in [0.1, 0.15) is 25.0 Å². The summed E-state index contributed by atoms with van der Waals surface area (Å²) in [6.07, 6.45) is -4.78. The Morgan fingerprint density at radius 2 is 1.70 bits per heavy atom. The van der Waals surface area contributed by atoms with Crippen molar-refractivity contribution in [3.8, 4) is 0 Å². The molecule has 0 atom stereocenters. The molecular weight excluding hydrogens is 271 g/mol. The predicted molar refractivity (Wildman–Crippen MR) is 70.2 cm³/mol. The lowest BCUT2D eigenvalue weighted by atomic mass is 10.1. The van der Waals surface area contributed by atoms with Gasteiger partial charge in [0.1, 0.15) is 0 Å². The zero-order valence-corrected chi connectivity index (χ0v) is 11.7. The Morgan fingerprint density at radius 3 is 2.25 bits per heavy atom.